The van der Waals surface area contributed by atoms with Gasteiger partial charge in [0.1, 0.15) is 10.8 Å². The highest BCUT2D eigenvalue weighted by Gasteiger charge is 2.07. The smallest absolute Gasteiger partial charge is 0.250 e. The molecule has 0 atom stereocenters. The van der Waals surface area contributed by atoms with Crippen molar-refractivity contribution in [2.75, 3.05) is 5.32 Å². The van der Waals surface area contributed by atoms with E-state index in [1.807, 2.05) is 0 Å². The van der Waals surface area contributed by atoms with E-state index in [9.17, 15) is 9.18 Å². The van der Waals surface area contributed by atoms with E-state index in [0.717, 1.165) is 17.0 Å². The van der Waals surface area contributed by atoms with Crippen LogP contribution in [-0.4, -0.2) is 16.1 Å². The minimum atomic E-state index is -0.303. The first kappa shape index (κ1) is 15.3. The molecule has 0 fully saturated rings. The lowest BCUT2D eigenvalue weighted by molar-refractivity contribution is -0.111. The number of nitrogens with zero attached hydrogens (tertiary/aromatic N) is 2. The van der Waals surface area contributed by atoms with E-state index in [4.69, 9.17) is 0 Å². The van der Waals surface area contributed by atoms with Gasteiger partial charge in [-0.3, -0.25) is 10.1 Å². The maximum absolute atomic E-state index is 12.7. The Hall–Kier alpha value is -2.08. The van der Waals surface area contributed by atoms with Gasteiger partial charge in [0, 0.05) is 12.5 Å². The third kappa shape index (κ3) is 5.07. The Kier molecular flexibility index (Phi) is 5.16. The molecule has 6 heteroatoms. The number of nitrogens with one attached hydrogen (secondary N) is 1. The standard InChI is InChI=1S/C15H16FN3OS/c1-10(2)9-14-18-19-15(21-14)17-13(20)8-5-11-3-6-12(16)7-4-11/h3-8,10H,9H2,1-2H3,(H,17,19,20)/b8-5+. The van der Waals surface area contributed by atoms with Gasteiger partial charge in [-0.2, -0.15) is 0 Å². The summed E-state index contributed by atoms with van der Waals surface area (Å²) in [4.78, 5) is 11.8. The fourth-order valence-corrected chi connectivity index (χ4v) is 2.58. The van der Waals surface area contributed by atoms with Gasteiger partial charge in [0.2, 0.25) is 11.0 Å². The normalized spacial score (nSPS) is 11.2. The molecular formula is C15H16FN3OS. The highest BCUT2D eigenvalue weighted by molar-refractivity contribution is 7.15. The van der Waals surface area contributed by atoms with Gasteiger partial charge in [0.05, 0.1) is 0 Å². The predicted octanol–water partition coefficient (Wildman–Crippen LogP) is 3.53. The van der Waals surface area contributed by atoms with E-state index in [1.165, 1.54) is 29.5 Å². The average molecular weight is 305 g/mol. The quantitative estimate of drug-likeness (QED) is 0.860. The lowest BCUT2D eigenvalue weighted by Gasteiger charge is -1.97. The third-order valence-corrected chi connectivity index (χ3v) is 3.44. The zero-order chi connectivity index (χ0) is 15.2. The van der Waals surface area contributed by atoms with Crippen LogP contribution in [0.3, 0.4) is 0 Å². The minimum absolute atomic E-state index is 0.286. The van der Waals surface area contributed by atoms with Crippen LogP contribution in [0, 0.1) is 11.7 Å². The van der Waals surface area contributed by atoms with Crippen LogP contribution < -0.4 is 5.32 Å². The average Bonchev–Trinajstić information content (AvgIpc) is 2.84. The van der Waals surface area contributed by atoms with Crippen molar-refractivity contribution in [2.45, 2.75) is 20.3 Å². The molecule has 0 radical (unpaired) electrons. The van der Waals surface area contributed by atoms with E-state index in [2.05, 4.69) is 29.4 Å². The first-order valence-corrected chi connectivity index (χ1v) is 7.41. The van der Waals surface area contributed by atoms with Crippen molar-refractivity contribution in [3.05, 3.63) is 46.7 Å². The van der Waals surface area contributed by atoms with Gasteiger partial charge in [0.25, 0.3) is 0 Å². The molecule has 2 rings (SSSR count). The topological polar surface area (TPSA) is 54.9 Å². The van der Waals surface area contributed by atoms with Crippen molar-refractivity contribution in [1.29, 1.82) is 0 Å². The number of hydrogen-bond donors (Lipinski definition) is 1. The van der Waals surface area contributed by atoms with E-state index in [-0.39, 0.29) is 11.7 Å². The SMILES string of the molecule is CC(C)Cc1nnc(NC(=O)/C=C/c2ccc(F)cc2)s1. The summed E-state index contributed by atoms with van der Waals surface area (Å²) in [6.07, 6.45) is 3.85. The zero-order valence-corrected chi connectivity index (χ0v) is 12.7. The van der Waals surface area contributed by atoms with Gasteiger partial charge in [-0.15, -0.1) is 10.2 Å². The highest BCUT2D eigenvalue weighted by atomic mass is 32.1. The summed E-state index contributed by atoms with van der Waals surface area (Å²) in [6.45, 7) is 4.20. The van der Waals surface area contributed by atoms with Crippen LogP contribution in [0.4, 0.5) is 9.52 Å². The van der Waals surface area contributed by atoms with Crippen LogP contribution in [0.15, 0.2) is 30.3 Å². The number of rotatable bonds is 5. The fourth-order valence-electron chi connectivity index (χ4n) is 1.63. The van der Waals surface area contributed by atoms with Gasteiger partial charge in [-0.05, 0) is 29.7 Å². The van der Waals surface area contributed by atoms with Gasteiger partial charge < -0.3 is 0 Å². The number of amides is 1. The summed E-state index contributed by atoms with van der Waals surface area (Å²) in [5.41, 5.74) is 0.754. The second kappa shape index (κ2) is 7.08. The summed E-state index contributed by atoms with van der Waals surface area (Å²) in [7, 11) is 0. The first-order valence-electron chi connectivity index (χ1n) is 6.60. The second-order valence-electron chi connectivity index (χ2n) is 4.97. The van der Waals surface area contributed by atoms with Gasteiger partial charge >= 0.3 is 0 Å². The molecule has 0 unspecified atom stereocenters. The molecule has 0 aliphatic heterocycles. The number of carbonyl (C=O) groups is 1. The Morgan fingerprint density at radius 1 is 1.33 bits per heavy atom. The van der Waals surface area contributed by atoms with Crippen LogP contribution in [0.5, 0.6) is 0 Å². The summed E-state index contributed by atoms with van der Waals surface area (Å²) >= 11 is 1.38. The van der Waals surface area contributed by atoms with E-state index < -0.39 is 0 Å². The lowest BCUT2D eigenvalue weighted by atomic mass is 10.1. The minimum Gasteiger partial charge on any atom is -0.297 e. The summed E-state index contributed by atoms with van der Waals surface area (Å²) in [5, 5.41) is 12.0. The molecule has 0 aliphatic carbocycles. The summed E-state index contributed by atoms with van der Waals surface area (Å²) in [6, 6.07) is 5.90. The van der Waals surface area contributed by atoms with Crippen LogP contribution in [0.1, 0.15) is 24.4 Å². The zero-order valence-electron chi connectivity index (χ0n) is 11.8. The molecule has 21 heavy (non-hydrogen) atoms. The predicted molar refractivity (Wildman–Crippen MR) is 82.5 cm³/mol. The van der Waals surface area contributed by atoms with Crippen molar-refractivity contribution in [3.63, 3.8) is 0 Å². The van der Waals surface area contributed by atoms with Crippen molar-refractivity contribution >= 4 is 28.5 Å². The van der Waals surface area contributed by atoms with Crippen molar-refractivity contribution in [1.82, 2.24) is 10.2 Å². The van der Waals surface area contributed by atoms with Crippen LogP contribution >= 0.6 is 11.3 Å². The number of anilines is 1. The first-order chi connectivity index (χ1) is 10.0. The molecule has 4 nitrogen and oxygen atoms in total. The Labute approximate surface area is 126 Å². The van der Waals surface area contributed by atoms with Gasteiger partial charge in [0.15, 0.2) is 0 Å². The Bertz CT molecular complexity index is 635. The number of aromatic nitrogens is 2. The molecular weight excluding hydrogens is 289 g/mol. The number of benzene rings is 1. The summed E-state index contributed by atoms with van der Waals surface area (Å²) in [5.74, 6) is -0.0883. The van der Waals surface area contributed by atoms with E-state index >= 15 is 0 Å². The molecule has 0 spiro atoms. The molecule has 1 amide bonds. The monoisotopic (exact) mass is 305 g/mol. The molecule has 1 N–H and O–H groups in total. The van der Waals surface area contributed by atoms with Crippen molar-refractivity contribution in [2.24, 2.45) is 5.92 Å². The molecule has 110 valence electrons. The molecule has 0 saturated carbocycles. The fraction of sp³-hybridized carbons (Fsp3) is 0.267. The van der Waals surface area contributed by atoms with Crippen LogP contribution in [-0.2, 0) is 11.2 Å². The molecule has 0 saturated heterocycles. The maximum atomic E-state index is 12.7. The molecule has 1 aromatic carbocycles. The molecule has 1 aromatic heterocycles. The van der Waals surface area contributed by atoms with Gasteiger partial charge in [-0.1, -0.05) is 37.3 Å². The number of halogens is 1. The third-order valence-electron chi connectivity index (χ3n) is 2.58. The summed E-state index contributed by atoms with van der Waals surface area (Å²) < 4.78 is 12.7. The van der Waals surface area contributed by atoms with Crippen LogP contribution in [0.2, 0.25) is 0 Å². The van der Waals surface area contributed by atoms with Crippen molar-refractivity contribution < 1.29 is 9.18 Å². The van der Waals surface area contributed by atoms with E-state index in [1.54, 1.807) is 18.2 Å². The van der Waals surface area contributed by atoms with Gasteiger partial charge in [-0.25, -0.2) is 4.39 Å². The molecule has 0 aliphatic rings. The lowest BCUT2D eigenvalue weighted by Crippen LogP contribution is -2.07. The number of carbonyl (C=O) groups excluding carboxylic acids is 1. The van der Waals surface area contributed by atoms with Crippen molar-refractivity contribution in [3.8, 4) is 0 Å². The Morgan fingerprint density at radius 3 is 2.71 bits per heavy atom. The second-order valence-corrected chi connectivity index (χ2v) is 6.04. The molecule has 2 aromatic rings. The highest BCUT2D eigenvalue weighted by Crippen LogP contribution is 2.18. The maximum Gasteiger partial charge on any atom is 0.250 e. The Morgan fingerprint density at radius 2 is 2.05 bits per heavy atom. The van der Waals surface area contributed by atoms with Crippen LogP contribution in [0.25, 0.3) is 6.08 Å². The number of hydrogen-bond acceptors (Lipinski definition) is 4. The molecule has 1 heterocycles. The Balaban J connectivity index is 1.92. The molecule has 0 bridgehead atoms. The van der Waals surface area contributed by atoms with E-state index in [0.29, 0.717) is 11.0 Å². The largest absolute Gasteiger partial charge is 0.297 e.